The molecule has 192 valence electrons. The molecular weight excluding hydrogens is 496 g/mol. The van der Waals surface area contributed by atoms with Crippen molar-refractivity contribution in [3.05, 3.63) is 84.5 Å². The Morgan fingerprint density at radius 3 is 2.46 bits per heavy atom. The molecular formula is C27H26N2O7S. The summed E-state index contributed by atoms with van der Waals surface area (Å²) in [7, 11) is 2.72. The molecule has 0 bridgehead atoms. The number of fused-ring (bicyclic) bond motifs is 1. The molecule has 2 aromatic carbocycles. The minimum absolute atomic E-state index is 0.224. The molecule has 1 aromatic heterocycles. The molecule has 0 saturated carbocycles. The summed E-state index contributed by atoms with van der Waals surface area (Å²) in [6, 6.07) is 11.5. The molecule has 0 aliphatic carbocycles. The van der Waals surface area contributed by atoms with Gasteiger partial charge in [-0.3, -0.25) is 14.2 Å². The molecule has 37 heavy (non-hydrogen) atoms. The van der Waals surface area contributed by atoms with Gasteiger partial charge < -0.3 is 18.9 Å². The third-order valence-corrected chi connectivity index (χ3v) is 6.66. The van der Waals surface area contributed by atoms with Gasteiger partial charge in [-0.2, -0.15) is 0 Å². The van der Waals surface area contributed by atoms with Crippen LogP contribution >= 0.6 is 11.3 Å². The molecule has 0 amide bonds. The van der Waals surface area contributed by atoms with E-state index in [4.69, 9.17) is 18.9 Å². The van der Waals surface area contributed by atoms with E-state index in [0.717, 1.165) is 11.3 Å². The van der Waals surface area contributed by atoms with E-state index in [1.165, 1.54) is 37.0 Å². The summed E-state index contributed by atoms with van der Waals surface area (Å²) in [6.45, 7) is 5.46. The summed E-state index contributed by atoms with van der Waals surface area (Å²) in [4.78, 5) is 43.0. The zero-order valence-corrected chi connectivity index (χ0v) is 21.9. The van der Waals surface area contributed by atoms with Gasteiger partial charge in [-0.1, -0.05) is 29.5 Å². The smallest absolute Gasteiger partial charge is 0.338 e. The van der Waals surface area contributed by atoms with Crippen LogP contribution < -0.4 is 29.1 Å². The van der Waals surface area contributed by atoms with E-state index in [9.17, 15) is 14.4 Å². The quantitative estimate of drug-likeness (QED) is 0.347. The standard InChI is InChI=1S/C27H26N2O7S/c1-6-35-19-10-7-17(8-11-19)13-22-25(31)29-24(23(26(32)34-5)15(2)28-27(29)37-22)18-9-12-20(36-16(3)30)21(14-18)33-4/h7-14,24H,6H2,1-5H3/b22-13+. The van der Waals surface area contributed by atoms with Gasteiger partial charge >= 0.3 is 11.9 Å². The Balaban J connectivity index is 1.90. The Hall–Kier alpha value is -4.18. The zero-order valence-electron chi connectivity index (χ0n) is 21.1. The largest absolute Gasteiger partial charge is 0.494 e. The lowest BCUT2D eigenvalue weighted by Gasteiger charge is -2.25. The predicted molar refractivity (Wildman–Crippen MR) is 138 cm³/mol. The van der Waals surface area contributed by atoms with Crippen LogP contribution in [0.5, 0.6) is 17.2 Å². The van der Waals surface area contributed by atoms with Crippen molar-refractivity contribution in [2.24, 2.45) is 4.99 Å². The number of methoxy groups -OCH3 is 2. The number of hydrogen-bond donors (Lipinski definition) is 0. The van der Waals surface area contributed by atoms with Crippen LogP contribution in [0.15, 0.2) is 63.5 Å². The first-order valence-corrected chi connectivity index (χ1v) is 12.3. The van der Waals surface area contributed by atoms with Gasteiger partial charge in [0.25, 0.3) is 5.56 Å². The molecule has 0 spiro atoms. The van der Waals surface area contributed by atoms with Crippen molar-refractivity contribution >= 4 is 29.4 Å². The Bertz CT molecular complexity index is 1570. The highest BCUT2D eigenvalue weighted by atomic mass is 32.1. The lowest BCUT2D eigenvalue weighted by molar-refractivity contribution is -0.136. The molecule has 0 fully saturated rings. The van der Waals surface area contributed by atoms with Crippen molar-refractivity contribution in [2.45, 2.75) is 26.8 Å². The van der Waals surface area contributed by atoms with Crippen LogP contribution in [0.2, 0.25) is 0 Å². The van der Waals surface area contributed by atoms with E-state index in [0.29, 0.717) is 27.2 Å². The topological polar surface area (TPSA) is 105 Å². The first-order valence-electron chi connectivity index (χ1n) is 11.5. The first kappa shape index (κ1) is 25.9. The van der Waals surface area contributed by atoms with Gasteiger partial charge in [-0.25, -0.2) is 9.79 Å². The molecule has 1 unspecified atom stereocenters. The second kappa shape index (κ2) is 10.8. The molecule has 4 rings (SSSR count). The molecule has 1 aliphatic heterocycles. The number of aromatic nitrogens is 1. The first-order chi connectivity index (χ1) is 17.8. The van der Waals surface area contributed by atoms with E-state index >= 15 is 0 Å². The van der Waals surface area contributed by atoms with Crippen molar-refractivity contribution in [1.29, 1.82) is 0 Å². The summed E-state index contributed by atoms with van der Waals surface area (Å²) in [5, 5.41) is 0. The normalized spacial score (nSPS) is 15.1. The van der Waals surface area contributed by atoms with Gasteiger partial charge in [-0.15, -0.1) is 0 Å². The molecule has 9 nitrogen and oxygen atoms in total. The molecule has 1 aliphatic rings. The highest BCUT2D eigenvalue weighted by molar-refractivity contribution is 7.07. The second-order valence-electron chi connectivity index (χ2n) is 8.08. The third kappa shape index (κ3) is 5.19. The van der Waals surface area contributed by atoms with E-state index in [-0.39, 0.29) is 22.6 Å². The van der Waals surface area contributed by atoms with Crippen molar-refractivity contribution in [1.82, 2.24) is 4.57 Å². The monoisotopic (exact) mass is 522 g/mol. The van der Waals surface area contributed by atoms with Crippen molar-refractivity contribution < 1.29 is 28.5 Å². The fourth-order valence-electron chi connectivity index (χ4n) is 4.08. The highest BCUT2D eigenvalue weighted by Crippen LogP contribution is 2.36. The molecule has 0 radical (unpaired) electrons. The van der Waals surface area contributed by atoms with Crippen molar-refractivity contribution in [3.63, 3.8) is 0 Å². The Morgan fingerprint density at radius 1 is 1.11 bits per heavy atom. The number of benzene rings is 2. The fourth-order valence-corrected chi connectivity index (χ4v) is 5.13. The van der Waals surface area contributed by atoms with E-state index in [2.05, 4.69) is 4.99 Å². The number of nitrogens with zero attached hydrogens (tertiary/aromatic N) is 2. The van der Waals surface area contributed by atoms with E-state index < -0.39 is 18.0 Å². The van der Waals surface area contributed by atoms with E-state index in [1.807, 2.05) is 31.2 Å². The van der Waals surface area contributed by atoms with Crippen molar-refractivity contribution in [2.75, 3.05) is 20.8 Å². The molecule has 10 heteroatoms. The van der Waals surface area contributed by atoms with Crippen molar-refractivity contribution in [3.8, 4) is 17.2 Å². The summed E-state index contributed by atoms with van der Waals surface area (Å²) in [5.41, 5.74) is 1.75. The summed E-state index contributed by atoms with van der Waals surface area (Å²) >= 11 is 1.23. The van der Waals surface area contributed by atoms with Gasteiger partial charge in [-0.05, 0) is 55.3 Å². The van der Waals surface area contributed by atoms with Gasteiger partial charge in [0.05, 0.1) is 42.7 Å². The Morgan fingerprint density at radius 2 is 1.84 bits per heavy atom. The Labute approximate surface area is 216 Å². The molecule has 1 atom stereocenters. The number of esters is 2. The number of hydrogen-bond acceptors (Lipinski definition) is 9. The van der Waals surface area contributed by atoms with Crippen LogP contribution in [0.1, 0.15) is 37.9 Å². The number of rotatable bonds is 7. The molecule has 3 aromatic rings. The lowest BCUT2D eigenvalue weighted by atomic mass is 9.95. The minimum Gasteiger partial charge on any atom is -0.494 e. The van der Waals surface area contributed by atoms with Gasteiger partial charge in [0, 0.05) is 6.92 Å². The molecule has 0 N–H and O–H groups in total. The van der Waals surface area contributed by atoms with Gasteiger partial charge in [0.15, 0.2) is 16.3 Å². The minimum atomic E-state index is -0.827. The third-order valence-electron chi connectivity index (χ3n) is 5.67. The Kier molecular flexibility index (Phi) is 7.58. The van der Waals surface area contributed by atoms with Crippen LogP contribution in [0.25, 0.3) is 6.08 Å². The zero-order chi connectivity index (χ0) is 26.7. The predicted octanol–water partition coefficient (Wildman–Crippen LogP) is 2.74. The van der Waals surface area contributed by atoms with Crippen LogP contribution in [0, 0.1) is 0 Å². The number of carbonyl (C=O) groups excluding carboxylic acids is 2. The molecule has 2 heterocycles. The SMILES string of the molecule is CCOc1ccc(/C=c2/sc3n(c2=O)C(c2ccc(OC(C)=O)c(OC)c2)C(C(=O)OC)=C(C)N=3)cc1. The maximum atomic E-state index is 13.7. The van der Waals surface area contributed by atoms with Crippen LogP contribution in [-0.4, -0.2) is 37.3 Å². The average Bonchev–Trinajstić information content (AvgIpc) is 3.18. The number of thiazole rings is 1. The van der Waals surface area contributed by atoms with Crippen LogP contribution in [0.4, 0.5) is 0 Å². The second-order valence-corrected chi connectivity index (χ2v) is 9.09. The number of allylic oxidation sites excluding steroid dienone is 1. The highest BCUT2D eigenvalue weighted by Gasteiger charge is 2.33. The van der Waals surface area contributed by atoms with Gasteiger partial charge in [0.1, 0.15) is 5.75 Å². The fraction of sp³-hybridized carbons (Fsp3) is 0.259. The number of carbonyl (C=O) groups is 2. The summed E-state index contributed by atoms with van der Waals surface area (Å²) in [6.07, 6.45) is 1.78. The summed E-state index contributed by atoms with van der Waals surface area (Å²) in [5.74, 6) is 0.144. The molecule has 0 saturated heterocycles. The summed E-state index contributed by atoms with van der Waals surface area (Å²) < 4.78 is 23.1. The van der Waals surface area contributed by atoms with E-state index in [1.54, 1.807) is 31.2 Å². The maximum absolute atomic E-state index is 13.7. The van der Waals surface area contributed by atoms with Crippen LogP contribution in [0.3, 0.4) is 0 Å². The number of ether oxygens (including phenoxy) is 4. The maximum Gasteiger partial charge on any atom is 0.338 e. The van der Waals surface area contributed by atoms with Gasteiger partial charge in [0.2, 0.25) is 0 Å². The lowest BCUT2D eigenvalue weighted by Crippen LogP contribution is -2.39. The van der Waals surface area contributed by atoms with Crippen LogP contribution in [-0.2, 0) is 14.3 Å². The average molecular weight is 523 g/mol.